The summed E-state index contributed by atoms with van der Waals surface area (Å²) in [5.41, 5.74) is -0.543. The van der Waals surface area contributed by atoms with Crippen molar-refractivity contribution in [3.05, 3.63) is 0 Å². The zero-order valence-electron chi connectivity index (χ0n) is 13.2. The first-order valence-corrected chi connectivity index (χ1v) is 7.18. The maximum atomic E-state index is 12.1. The molecule has 0 saturated heterocycles. The highest BCUT2D eigenvalue weighted by atomic mass is 16.6. The summed E-state index contributed by atoms with van der Waals surface area (Å²) in [4.78, 5) is 23.8. The van der Waals surface area contributed by atoms with Gasteiger partial charge in [0.15, 0.2) is 5.78 Å². The van der Waals surface area contributed by atoms with Gasteiger partial charge in [-0.15, -0.1) is 0 Å². The fourth-order valence-electron chi connectivity index (χ4n) is 1.72. The lowest BCUT2D eigenvalue weighted by Gasteiger charge is -2.24. The molecule has 0 aromatic rings. The van der Waals surface area contributed by atoms with Crippen LogP contribution in [0.2, 0.25) is 0 Å². The van der Waals surface area contributed by atoms with Gasteiger partial charge in [-0.2, -0.15) is 0 Å². The Bertz CT molecular complexity index is 292. The van der Waals surface area contributed by atoms with E-state index >= 15 is 0 Å². The van der Waals surface area contributed by atoms with Gasteiger partial charge in [0, 0.05) is 6.42 Å². The highest BCUT2D eigenvalue weighted by Crippen LogP contribution is 2.12. The Labute approximate surface area is 117 Å². The molecule has 0 radical (unpaired) electrons. The molecule has 4 heteroatoms. The maximum Gasteiger partial charge on any atom is 0.408 e. The molecule has 0 bridgehead atoms. The minimum Gasteiger partial charge on any atom is -0.444 e. The molecule has 0 fully saturated rings. The number of amides is 1. The fraction of sp³-hybridized carbons (Fsp3) is 0.867. The first-order valence-electron chi connectivity index (χ1n) is 7.18. The van der Waals surface area contributed by atoms with Crippen LogP contribution in [-0.4, -0.2) is 23.5 Å². The first kappa shape index (κ1) is 17.9. The normalized spacial score (nSPS) is 13.2. The van der Waals surface area contributed by atoms with Gasteiger partial charge in [-0.25, -0.2) is 4.79 Å². The molecule has 0 aliphatic carbocycles. The summed E-state index contributed by atoms with van der Waals surface area (Å²) in [7, 11) is 0. The quantitative estimate of drug-likeness (QED) is 0.768. The number of ether oxygens (including phenoxy) is 1. The first-order chi connectivity index (χ1) is 8.65. The molecule has 0 spiro atoms. The van der Waals surface area contributed by atoms with Crippen LogP contribution in [-0.2, 0) is 9.53 Å². The zero-order valence-corrected chi connectivity index (χ0v) is 13.2. The summed E-state index contributed by atoms with van der Waals surface area (Å²) in [6.45, 7) is 11.6. The Hall–Kier alpha value is -1.06. The van der Waals surface area contributed by atoms with E-state index in [4.69, 9.17) is 4.74 Å². The van der Waals surface area contributed by atoms with Crippen molar-refractivity contribution >= 4 is 11.9 Å². The summed E-state index contributed by atoms with van der Waals surface area (Å²) in [5.74, 6) is 0.451. The molecule has 19 heavy (non-hydrogen) atoms. The van der Waals surface area contributed by atoms with E-state index < -0.39 is 17.7 Å². The highest BCUT2D eigenvalue weighted by molar-refractivity contribution is 5.87. The average molecular weight is 271 g/mol. The van der Waals surface area contributed by atoms with Gasteiger partial charge in [0.25, 0.3) is 0 Å². The number of nitrogens with one attached hydrogen (secondary N) is 1. The molecule has 0 saturated carbocycles. The summed E-state index contributed by atoms with van der Waals surface area (Å²) in [6.07, 6.45) is 2.50. The minimum atomic E-state index is -0.543. The van der Waals surface area contributed by atoms with Crippen LogP contribution in [0.15, 0.2) is 0 Å². The van der Waals surface area contributed by atoms with Gasteiger partial charge < -0.3 is 10.1 Å². The third-order valence-electron chi connectivity index (χ3n) is 2.56. The molecular formula is C15H29NO3. The van der Waals surface area contributed by atoms with E-state index in [0.29, 0.717) is 18.8 Å². The van der Waals surface area contributed by atoms with Crippen LogP contribution in [0.5, 0.6) is 0 Å². The van der Waals surface area contributed by atoms with Crippen LogP contribution >= 0.6 is 0 Å². The second-order valence-electron chi connectivity index (χ2n) is 6.40. The molecule has 1 amide bonds. The molecule has 0 aromatic carbocycles. The predicted molar refractivity (Wildman–Crippen MR) is 77.1 cm³/mol. The number of unbranched alkanes of at least 4 members (excludes halogenated alkanes) is 1. The molecule has 0 heterocycles. The number of alkyl carbamates (subject to hydrolysis) is 1. The molecule has 112 valence electrons. The second kappa shape index (κ2) is 8.18. The number of ketones is 1. The van der Waals surface area contributed by atoms with Crippen molar-refractivity contribution in [3.8, 4) is 0 Å². The minimum absolute atomic E-state index is 0.0985. The van der Waals surface area contributed by atoms with Crippen LogP contribution in [0.3, 0.4) is 0 Å². The molecule has 0 aliphatic heterocycles. The van der Waals surface area contributed by atoms with Gasteiger partial charge >= 0.3 is 6.09 Å². The van der Waals surface area contributed by atoms with Gasteiger partial charge in [0.05, 0.1) is 6.04 Å². The third kappa shape index (κ3) is 9.51. The molecular weight excluding hydrogens is 242 g/mol. The van der Waals surface area contributed by atoms with E-state index in [1.54, 1.807) is 0 Å². The van der Waals surface area contributed by atoms with E-state index in [1.165, 1.54) is 0 Å². The van der Waals surface area contributed by atoms with Gasteiger partial charge in [-0.05, 0) is 39.5 Å². The average Bonchev–Trinajstić information content (AvgIpc) is 2.21. The number of carbonyl (C=O) groups is 2. The molecule has 0 aliphatic rings. The maximum absolute atomic E-state index is 12.1. The lowest BCUT2D eigenvalue weighted by atomic mass is 9.97. The van der Waals surface area contributed by atoms with Crippen molar-refractivity contribution < 1.29 is 14.3 Å². The second-order valence-corrected chi connectivity index (χ2v) is 6.40. The van der Waals surface area contributed by atoms with Gasteiger partial charge in [0.2, 0.25) is 0 Å². The standard InChI is InChI=1S/C15H29NO3/c1-7-8-9-13(17)12(10-11(2)3)16-14(18)19-15(4,5)6/h11-12H,7-10H2,1-6H3,(H,16,18)/t12-/m0/s1. The lowest BCUT2D eigenvalue weighted by Crippen LogP contribution is -2.44. The molecule has 0 rings (SSSR count). The molecule has 1 atom stereocenters. The predicted octanol–water partition coefficient (Wildman–Crippen LogP) is 3.69. The largest absolute Gasteiger partial charge is 0.444 e. The Balaban J connectivity index is 4.50. The van der Waals surface area contributed by atoms with Gasteiger partial charge in [-0.1, -0.05) is 27.2 Å². The molecule has 4 nitrogen and oxygen atoms in total. The van der Waals surface area contributed by atoms with Gasteiger partial charge in [-0.3, -0.25) is 4.79 Å². The Morgan fingerprint density at radius 2 is 1.79 bits per heavy atom. The van der Waals surface area contributed by atoms with Crippen molar-refractivity contribution in [3.63, 3.8) is 0 Å². The molecule has 0 aromatic heterocycles. The Morgan fingerprint density at radius 1 is 1.21 bits per heavy atom. The van der Waals surface area contributed by atoms with Crippen molar-refractivity contribution in [2.45, 2.75) is 78.9 Å². The molecule has 1 N–H and O–H groups in total. The van der Waals surface area contributed by atoms with Gasteiger partial charge in [0.1, 0.15) is 5.60 Å². The van der Waals surface area contributed by atoms with Crippen LogP contribution in [0.4, 0.5) is 4.79 Å². The number of hydrogen-bond acceptors (Lipinski definition) is 3. The fourth-order valence-corrected chi connectivity index (χ4v) is 1.72. The SMILES string of the molecule is CCCCC(=O)[C@H](CC(C)C)NC(=O)OC(C)(C)C. The summed E-state index contributed by atoms with van der Waals surface area (Å²) < 4.78 is 5.20. The van der Waals surface area contributed by atoms with Crippen molar-refractivity contribution in [1.82, 2.24) is 5.32 Å². The summed E-state index contributed by atoms with van der Waals surface area (Å²) >= 11 is 0. The summed E-state index contributed by atoms with van der Waals surface area (Å²) in [5, 5.41) is 2.70. The van der Waals surface area contributed by atoms with E-state index in [-0.39, 0.29) is 5.78 Å². The number of rotatable bonds is 7. The van der Waals surface area contributed by atoms with Crippen LogP contribution in [0.25, 0.3) is 0 Å². The van der Waals surface area contributed by atoms with E-state index in [0.717, 1.165) is 12.8 Å². The van der Waals surface area contributed by atoms with E-state index in [9.17, 15) is 9.59 Å². The molecule has 0 unspecified atom stereocenters. The lowest BCUT2D eigenvalue weighted by molar-refractivity contribution is -0.121. The van der Waals surface area contributed by atoms with Crippen LogP contribution < -0.4 is 5.32 Å². The van der Waals surface area contributed by atoms with E-state index in [2.05, 4.69) is 5.32 Å². The van der Waals surface area contributed by atoms with Crippen LogP contribution in [0, 0.1) is 5.92 Å². The Morgan fingerprint density at radius 3 is 2.21 bits per heavy atom. The Kier molecular flexibility index (Phi) is 7.72. The number of hydrogen-bond donors (Lipinski definition) is 1. The van der Waals surface area contributed by atoms with Crippen molar-refractivity contribution in [1.29, 1.82) is 0 Å². The van der Waals surface area contributed by atoms with Crippen molar-refractivity contribution in [2.24, 2.45) is 5.92 Å². The monoisotopic (exact) mass is 271 g/mol. The summed E-state index contributed by atoms with van der Waals surface area (Å²) in [6, 6.07) is -0.429. The van der Waals surface area contributed by atoms with E-state index in [1.807, 2.05) is 41.5 Å². The smallest absolute Gasteiger partial charge is 0.408 e. The number of Topliss-reactive ketones (excluding diaryl/α,β-unsaturated/α-hetero) is 1. The highest BCUT2D eigenvalue weighted by Gasteiger charge is 2.24. The third-order valence-corrected chi connectivity index (χ3v) is 2.56. The van der Waals surface area contributed by atoms with Crippen molar-refractivity contribution in [2.75, 3.05) is 0 Å². The topological polar surface area (TPSA) is 55.4 Å². The number of carbonyl (C=O) groups excluding carboxylic acids is 2. The van der Waals surface area contributed by atoms with Crippen LogP contribution in [0.1, 0.15) is 67.2 Å². The zero-order chi connectivity index (χ0) is 15.1.